The lowest BCUT2D eigenvalue weighted by molar-refractivity contribution is -0.150. The second-order valence-corrected chi connectivity index (χ2v) is 4.98. The lowest BCUT2D eigenvalue weighted by Crippen LogP contribution is -2.24. The molecule has 3 nitrogen and oxygen atoms in total. The zero-order chi connectivity index (χ0) is 12.7. The zero-order valence-electron chi connectivity index (χ0n) is 11.0. The Bertz CT molecular complexity index is 254. The van der Waals surface area contributed by atoms with Crippen molar-refractivity contribution in [3.63, 3.8) is 0 Å². The normalized spacial score (nSPS) is 18.7. The molecule has 1 aliphatic carbocycles. The molecule has 1 saturated carbocycles. The van der Waals surface area contributed by atoms with E-state index in [1.165, 1.54) is 32.1 Å². The van der Waals surface area contributed by atoms with Crippen LogP contribution < -0.4 is 0 Å². The van der Waals surface area contributed by atoms with Crippen LogP contribution in [-0.4, -0.2) is 18.4 Å². The van der Waals surface area contributed by atoms with Gasteiger partial charge in [0.05, 0.1) is 6.61 Å². The molecule has 0 aliphatic heterocycles. The summed E-state index contributed by atoms with van der Waals surface area (Å²) in [6.07, 6.45) is 7.91. The fraction of sp³-hybridized carbons (Fsp3) is 0.857. The summed E-state index contributed by atoms with van der Waals surface area (Å²) in [4.78, 5) is 23.2. The molecule has 1 fully saturated rings. The van der Waals surface area contributed by atoms with E-state index in [-0.39, 0.29) is 11.8 Å². The summed E-state index contributed by atoms with van der Waals surface area (Å²) >= 11 is 0. The molecule has 0 aromatic rings. The van der Waals surface area contributed by atoms with Gasteiger partial charge in [-0.1, -0.05) is 32.1 Å². The maximum absolute atomic E-state index is 11.8. The van der Waals surface area contributed by atoms with Gasteiger partial charge in [0, 0.05) is 6.42 Å². The van der Waals surface area contributed by atoms with E-state index in [4.69, 9.17) is 4.74 Å². The Morgan fingerprint density at radius 1 is 1.24 bits per heavy atom. The van der Waals surface area contributed by atoms with Crippen molar-refractivity contribution in [2.75, 3.05) is 6.61 Å². The number of rotatable bonds is 6. The smallest absolute Gasteiger partial charge is 0.316 e. The molecule has 0 bridgehead atoms. The topological polar surface area (TPSA) is 43.4 Å². The number of carbonyl (C=O) groups excluding carboxylic acids is 2. The molecule has 0 radical (unpaired) electrons. The SMILES string of the molecule is CCOC(=O)C(C)C(=O)CCC1CCCCC1. The van der Waals surface area contributed by atoms with Crippen molar-refractivity contribution in [2.45, 2.75) is 58.8 Å². The summed E-state index contributed by atoms with van der Waals surface area (Å²) in [6.45, 7) is 3.76. The summed E-state index contributed by atoms with van der Waals surface area (Å²) in [7, 11) is 0. The molecule has 0 N–H and O–H groups in total. The average molecular weight is 240 g/mol. The molecule has 98 valence electrons. The van der Waals surface area contributed by atoms with Crippen molar-refractivity contribution in [3.05, 3.63) is 0 Å². The summed E-state index contributed by atoms with van der Waals surface area (Å²) in [5, 5.41) is 0. The number of esters is 1. The Labute approximate surface area is 104 Å². The number of hydrogen-bond donors (Lipinski definition) is 0. The van der Waals surface area contributed by atoms with Gasteiger partial charge in [-0.15, -0.1) is 0 Å². The lowest BCUT2D eigenvalue weighted by Gasteiger charge is -2.21. The van der Waals surface area contributed by atoms with E-state index in [0.29, 0.717) is 18.9 Å². The first kappa shape index (κ1) is 14.2. The monoisotopic (exact) mass is 240 g/mol. The van der Waals surface area contributed by atoms with Crippen LogP contribution in [0.5, 0.6) is 0 Å². The molecular formula is C14H24O3. The molecule has 0 aromatic carbocycles. The number of hydrogen-bond acceptors (Lipinski definition) is 3. The minimum Gasteiger partial charge on any atom is -0.465 e. The summed E-state index contributed by atoms with van der Waals surface area (Å²) < 4.78 is 4.86. The first-order chi connectivity index (χ1) is 8.15. The second-order valence-electron chi connectivity index (χ2n) is 4.98. The van der Waals surface area contributed by atoms with Crippen molar-refractivity contribution in [2.24, 2.45) is 11.8 Å². The van der Waals surface area contributed by atoms with Crippen molar-refractivity contribution in [1.82, 2.24) is 0 Å². The Morgan fingerprint density at radius 3 is 2.47 bits per heavy atom. The second kappa shape index (κ2) is 7.46. The van der Waals surface area contributed by atoms with E-state index in [0.717, 1.165) is 6.42 Å². The largest absolute Gasteiger partial charge is 0.465 e. The standard InChI is InChI=1S/C14H24O3/c1-3-17-14(16)11(2)13(15)10-9-12-7-5-4-6-8-12/h11-12H,3-10H2,1-2H3. The number of ether oxygens (including phenoxy) is 1. The first-order valence-electron chi connectivity index (χ1n) is 6.84. The Hall–Kier alpha value is -0.860. The van der Waals surface area contributed by atoms with Crippen LogP contribution in [0.3, 0.4) is 0 Å². The van der Waals surface area contributed by atoms with Crippen molar-refractivity contribution < 1.29 is 14.3 Å². The van der Waals surface area contributed by atoms with Crippen LogP contribution >= 0.6 is 0 Å². The van der Waals surface area contributed by atoms with Gasteiger partial charge < -0.3 is 4.74 Å². The molecule has 1 rings (SSSR count). The van der Waals surface area contributed by atoms with Gasteiger partial charge in [-0.3, -0.25) is 9.59 Å². The molecular weight excluding hydrogens is 216 g/mol. The van der Waals surface area contributed by atoms with Gasteiger partial charge in [0.2, 0.25) is 0 Å². The molecule has 0 heterocycles. The molecule has 17 heavy (non-hydrogen) atoms. The van der Waals surface area contributed by atoms with Crippen LogP contribution in [0.2, 0.25) is 0 Å². The highest BCUT2D eigenvalue weighted by atomic mass is 16.5. The predicted molar refractivity (Wildman–Crippen MR) is 66.6 cm³/mol. The summed E-state index contributed by atoms with van der Waals surface area (Å²) in [6, 6.07) is 0. The minimum absolute atomic E-state index is 0.0361. The fourth-order valence-electron chi connectivity index (χ4n) is 2.44. The van der Waals surface area contributed by atoms with Crippen LogP contribution in [0, 0.1) is 11.8 Å². The third-order valence-electron chi connectivity index (χ3n) is 3.65. The van der Waals surface area contributed by atoms with E-state index in [1.54, 1.807) is 13.8 Å². The lowest BCUT2D eigenvalue weighted by atomic mass is 9.85. The predicted octanol–water partition coefficient (Wildman–Crippen LogP) is 3.12. The molecule has 1 unspecified atom stereocenters. The van der Waals surface area contributed by atoms with Crippen molar-refractivity contribution >= 4 is 11.8 Å². The number of ketones is 1. The fourth-order valence-corrected chi connectivity index (χ4v) is 2.44. The minimum atomic E-state index is -0.585. The maximum atomic E-state index is 11.8. The van der Waals surface area contributed by atoms with Crippen LogP contribution in [-0.2, 0) is 14.3 Å². The first-order valence-corrected chi connectivity index (χ1v) is 6.84. The van der Waals surface area contributed by atoms with E-state index < -0.39 is 5.92 Å². The Morgan fingerprint density at radius 2 is 1.88 bits per heavy atom. The highest BCUT2D eigenvalue weighted by molar-refractivity contribution is 5.98. The Balaban J connectivity index is 2.25. The van der Waals surface area contributed by atoms with Crippen molar-refractivity contribution in [3.8, 4) is 0 Å². The van der Waals surface area contributed by atoms with E-state index >= 15 is 0 Å². The molecule has 3 heteroatoms. The van der Waals surface area contributed by atoms with Crippen LogP contribution in [0.1, 0.15) is 58.8 Å². The van der Waals surface area contributed by atoms with Gasteiger partial charge in [-0.25, -0.2) is 0 Å². The summed E-state index contributed by atoms with van der Waals surface area (Å²) in [5.74, 6) is -0.226. The van der Waals surface area contributed by atoms with E-state index in [2.05, 4.69) is 0 Å². The highest BCUT2D eigenvalue weighted by Crippen LogP contribution is 2.27. The van der Waals surface area contributed by atoms with E-state index in [9.17, 15) is 9.59 Å². The van der Waals surface area contributed by atoms with Crippen LogP contribution in [0.15, 0.2) is 0 Å². The molecule has 0 aromatic heterocycles. The Kier molecular flexibility index (Phi) is 6.23. The molecule has 0 saturated heterocycles. The number of Topliss-reactive ketones (excluding diaryl/α,β-unsaturated/α-hetero) is 1. The van der Waals surface area contributed by atoms with Crippen LogP contribution in [0.25, 0.3) is 0 Å². The van der Waals surface area contributed by atoms with Gasteiger partial charge in [0.25, 0.3) is 0 Å². The van der Waals surface area contributed by atoms with E-state index in [1.807, 2.05) is 0 Å². The third-order valence-corrected chi connectivity index (χ3v) is 3.65. The van der Waals surface area contributed by atoms with Crippen molar-refractivity contribution in [1.29, 1.82) is 0 Å². The maximum Gasteiger partial charge on any atom is 0.316 e. The van der Waals surface area contributed by atoms with Gasteiger partial charge in [-0.2, -0.15) is 0 Å². The van der Waals surface area contributed by atoms with Gasteiger partial charge in [0.1, 0.15) is 11.7 Å². The molecule has 1 atom stereocenters. The van der Waals surface area contributed by atoms with Gasteiger partial charge in [-0.05, 0) is 26.2 Å². The average Bonchev–Trinajstić information content (AvgIpc) is 2.36. The molecule has 0 spiro atoms. The number of carbonyl (C=O) groups is 2. The summed E-state index contributed by atoms with van der Waals surface area (Å²) in [5.41, 5.74) is 0. The highest BCUT2D eigenvalue weighted by Gasteiger charge is 2.23. The van der Waals surface area contributed by atoms with Gasteiger partial charge >= 0.3 is 5.97 Å². The molecule has 0 amide bonds. The zero-order valence-corrected chi connectivity index (χ0v) is 11.0. The third kappa shape index (κ3) is 4.88. The quantitative estimate of drug-likeness (QED) is 0.529. The molecule has 1 aliphatic rings. The van der Waals surface area contributed by atoms with Gasteiger partial charge in [0.15, 0.2) is 0 Å². The van der Waals surface area contributed by atoms with Crippen LogP contribution in [0.4, 0.5) is 0 Å².